The van der Waals surface area contributed by atoms with E-state index in [4.69, 9.17) is 0 Å². The van der Waals surface area contributed by atoms with Gasteiger partial charge in [-0.2, -0.15) is 16.9 Å². The van der Waals surface area contributed by atoms with Crippen LogP contribution in [0.2, 0.25) is 0 Å². The van der Waals surface area contributed by atoms with Crippen molar-refractivity contribution in [1.29, 1.82) is 0 Å². The molecule has 0 aliphatic carbocycles. The molecule has 0 saturated heterocycles. The van der Waals surface area contributed by atoms with E-state index in [1.807, 2.05) is 20.2 Å². The normalized spacial score (nSPS) is 10.2. The Labute approximate surface area is 88.1 Å². The molecule has 1 amide bonds. The van der Waals surface area contributed by atoms with Crippen LogP contribution in [-0.2, 0) is 11.3 Å². The lowest BCUT2D eigenvalue weighted by molar-refractivity contribution is -0.127. The Balaban J connectivity index is 2.52. The average molecular weight is 213 g/mol. The van der Waals surface area contributed by atoms with E-state index in [0.717, 1.165) is 11.3 Å². The van der Waals surface area contributed by atoms with E-state index >= 15 is 0 Å². The number of hydrogen-bond donors (Lipinski definition) is 1. The van der Waals surface area contributed by atoms with Crippen molar-refractivity contribution in [2.24, 2.45) is 0 Å². The molecule has 1 aromatic heterocycles. The van der Waals surface area contributed by atoms with Gasteiger partial charge < -0.3 is 4.90 Å². The number of aryl methyl sites for hydroxylation is 1. The highest BCUT2D eigenvalue weighted by Gasteiger charge is 2.10. The summed E-state index contributed by atoms with van der Waals surface area (Å²) in [5.41, 5.74) is 2.09. The van der Waals surface area contributed by atoms with Crippen LogP contribution in [0.25, 0.3) is 0 Å². The monoisotopic (exact) mass is 213 g/mol. The number of thioether (sulfide) groups is 1. The minimum atomic E-state index is 0.151. The second-order valence-corrected chi connectivity index (χ2v) is 4.07. The van der Waals surface area contributed by atoms with Crippen LogP contribution in [0, 0.1) is 6.92 Å². The highest BCUT2D eigenvalue weighted by atomic mass is 32.2. The first-order valence-corrected chi connectivity index (χ1v) is 5.76. The van der Waals surface area contributed by atoms with Gasteiger partial charge in [0, 0.05) is 24.8 Å². The Bertz CT molecular complexity index is 311. The molecule has 0 unspecified atom stereocenters. The van der Waals surface area contributed by atoms with Gasteiger partial charge in [0.2, 0.25) is 5.91 Å². The van der Waals surface area contributed by atoms with Crippen LogP contribution < -0.4 is 0 Å². The lowest BCUT2D eigenvalue weighted by Gasteiger charge is -2.15. The summed E-state index contributed by atoms with van der Waals surface area (Å²) in [7, 11) is 1.81. The molecule has 1 heterocycles. The predicted octanol–water partition coefficient (Wildman–Crippen LogP) is 1.04. The number of amides is 1. The summed E-state index contributed by atoms with van der Waals surface area (Å²) in [5.74, 6) is 0.686. The molecule has 0 aromatic carbocycles. The number of H-pyrrole nitrogens is 1. The summed E-state index contributed by atoms with van der Waals surface area (Å²) < 4.78 is 0. The quantitative estimate of drug-likeness (QED) is 0.813. The van der Waals surface area contributed by atoms with Crippen molar-refractivity contribution < 1.29 is 4.79 Å². The Morgan fingerprint density at radius 3 is 2.93 bits per heavy atom. The number of hydrogen-bond acceptors (Lipinski definition) is 3. The zero-order chi connectivity index (χ0) is 10.6. The average Bonchev–Trinajstić information content (AvgIpc) is 2.52. The van der Waals surface area contributed by atoms with Gasteiger partial charge in [0.15, 0.2) is 0 Å². The zero-order valence-corrected chi connectivity index (χ0v) is 9.52. The number of rotatable bonds is 4. The molecule has 5 heteroatoms. The molecule has 0 spiro atoms. The van der Waals surface area contributed by atoms with Crippen LogP contribution in [0.1, 0.15) is 11.3 Å². The Morgan fingerprint density at radius 2 is 2.43 bits per heavy atom. The van der Waals surface area contributed by atoms with E-state index in [-0.39, 0.29) is 5.91 Å². The molecule has 0 aliphatic rings. The molecule has 0 radical (unpaired) electrons. The SMILES string of the molecule is CSCC(=O)N(C)Cc1cn[nH]c1C. The van der Waals surface area contributed by atoms with E-state index in [9.17, 15) is 4.79 Å². The van der Waals surface area contributed by atoms with E-state index in [2.05, 4.69) is 10.2 Å². The lowest BCUT2D eigenvalue weighted by atomic mass is 10.2. The standard InChI is InChI=1S/C9H15N3OS/c1-7-8(4-10-11-7)5-12(2)9(13)6-14-3/h4H,5-6H2,1-3H3,(H,10,11). The number of nitrogens with zero attached hydrogens (tertiary/aromatic N) is 2. The molecule has 1 aromatic rings. The van der Waals surface area contributed by atoms with Crippen molar-refractivity contribution in [3.63, 3.8) is 0 Å². The maximum Gasteiger partial charge on any atom is 0.232 e. The van der Waals surface area contributed by atoms with Gasteiger partial charge in [-0.05, 0) is 13.2 Å². The van der Waals surface area contributed by atoms with Gasteiger partial charge in [-0.25, -0.2) is 0 Å². The van der Waals surface area contributed by atoms with Crippen molar-refractivity contribution in [3.8, 4) is 0 Å². The minimum Gasteiger partial charge on any atom is -0.341 e. The van der Waals surface area contributed by atoms with Crippen molar-refractivity contribution in [2.45, 2.75) is 13.5 Å². The fourth-order valence-electron chi connectivity index (χ4n) is 1.11. The zero-order valence-electron chi connectivity index (χ0n) is 8.70. The molecule has 78 valence electrons. The van der Waals surface area contributed by atoms with Gasteiger partial charge in [-0.3, -0.25) is 9.89 Å². The van der Waals surface area contributed by atoms with Crippen LogP contribution in [-0.4, -0.2) is 40.1 Å². The van der Waals surface area contributed by atoms with E-state index in [1.165, 1.54) is 0 Å². The van der Waals surface area contributed by atoms with Gasteiger partial charge in [-0.15, -0.1) is 0 Å². The van der Waals surface area contributed by atoms with Gasteiger partial charge in [0.05, 0.1) is 11.9 Å². The van der Waals surface area contributed by atoms with Gasteiger partial charge in [0.1, 0.15) is 0 Å². The molecule has 4 nitrogen and oxygen atoms in total. The first-order chi connectivity index (χ1) is 6.65. The van der Waals surface area contributed by atoms with Crippen LogP contribution >= 0.6 is 11.8 Å². The Morgan fingerprint density at radius 1 is 1.71 bits per heavy atom. The molecule has 14 heavy (non-hydrogen) atoms. The van der Waals surface area contributed by atoms with E-state index in [1.54, 1.807) is 22.9 Å². The molecule has 0 bridgehead atoms. The number of carbonyl (C=O) groups is 1. The smallest absolute Gasteiger partial charge is 0.232 e. The summed E-state index contributed by atoms with van der Waals surface area (Å²) in [6.07, 6.45) is 3.69. The summed E-state index contributed by atoms with van der Waals surface area (Å²) >= 11 is 1.54. The van der Waals surface area contributed by atoms with Crippen molar-refractivity contribution >= 4 is 17.7 Å². The van der Waals surface area contributed by atoms with Crippen molar-refractivity contribution in [2.75, 3.05) is 19.1 Å². The van der Waals surface area contributed by atoms with Crippen molar-refractivity contribution in [3.05, 3.63) is 17.5 Å². The fraction of sp³-hybridized carbons (Fsp3) is 0.556. The summed E-state index contributed by atoms with van der Waals surface area (Å²) in [4.78, 5) is 13.2. The second kappa shape index (κ2) is 5.05. The third-order valence-corrected chi connectivity index (χ3v) is 2.57. The minimum absolute atomic E-state index is 0.151. The maximum atomic E-state index is 11.5. The molecular weight excluding hydrogens is 198 g/mol. The molecule has 0 saturated carbocycles. The second-order valence-electron chi connectivity index (χ2n) is 3.20. The van der Waals surface area contributed by atoms with E-state index < -0.39 is 0 Å². The number of aromatic nitrogens is 2. The Hall–Kier alpha value is -0.970. The maximum absolute atomic E-state index is 11.5. The molecule has 1 rings (SSSR count). The lowest BCUT2D eigenvalue weighted by Crippen LogP contribution is -2.27. The molecule has 0 aliphatic heterocycles. The summed E-state index contributed by atoms with van der Waals surface area (Å²) in [6, 6.07) is 0. The van der Waals surface area contributed by atoms with Crippen LogP contribution in [0.3, 0.4) is 0 Å². The van der Waals surface area contributed by atoms with Crippen LogP contribution in [0.5, 0.6) is 0 Å². The molecule has 1 N–H and O–H groups in total. The number of nitrogens with one attached hydrogen (secondary N) is 1. The van der Waals surface area contributed by atoms with Crippen LogP contribution in [0.15, 0.2) is 6.20 Å². The largest absolute Gasteiger partial charge is 0.341 e. The summed E-state index contributed by atoms with van der Waals surface area (Å²) in [6.45, 7) is 2.58. The first-order valence-electron chi connectivity index (χ1n) is 4.37. The van der Waals surface area contributed by atoms with Gasteiger partial charge in [-0.1, -0.05) is 0 Å². The summed E-state index contributed by atoms with van der Waals surface area (Å²) in [5, 5.41) is 6.76. The first kappa shape index (κ1) is 11.1. The van der Waals surface area contributed by atoms with Crippen molar-refractivity contribution in [1.82, 2.24) is 15.1 Å². The van der Waals surface area contributed by atoms with Gasteiger partial charge >= 0.3 is 0 Å². The molecular formula is C9H15N3OS. The van der Waals surface area contributed by atoms with Crippen LogP contribution in [0.4, 0.5) is 0 Å². The van der Waals surface area contributed by atoms with Gasteiger partial charge in [0.25, 0.3) is 0 Å². The number of carbonyl (C=O) groups excluding carboxylic acids is 1. The third kappa shape index (κ3) is 2.77. The van der Waals surface area contributed by atoms with E-state index in [0.29, 0.717) is 12.3 Å². The number of aromatic amines is 1. The fourth-order valence-corrected chi connectivity index (χ4v) is 1.58. The predicted molar refractivity (Wildman–Crippen MR) is 58.2 cm³/mol. The highest BCUT2D eigenvalue weighted by molar-refractivity contribution is 7.99. The molecule has 0 fully saturated rings. The molecule has 0 atom stereocenters. The topological polar surface area (TPSA) is 49.0 Å². The third-order valence-electron chi connectivity index (χ3n) is 2.04. The highest BCUT2D eigenvalue weighted by Crippen LogP contribution is 2.07. The Kier molecular flexibility index (Phi) is 4.00.